The Labute approximate surface area is 147 Å². The lowest BCUT2D eigenvalue weighted by Gasteiger charge is -2.07. The van der Waals surface area contributed by atoms with Gasteiger partial charge < -0.3 is 16.8 Å². The van der Waals surface area contributed by atoms with E-state index in [9.17, 15) is 9.59 Å². The van der Waals surface area contributed by atoms with Gasteiger partial charge in [-0.25, -0.2) is 0 Å². The van der Waals surface area contributed by atoms with E-state index in [-0.39, 0.29) is 11.8 Å². The van der Waals surface area contributed by atoms with Crippen LogP contribution in [0.15, 0.2) is 30.3 Å². The third kappa shape index (κ3) is 4.82. The monoisotopic (exact) mass is 338 g/mol. The average molecular weight is 338 g/mol. The van der Waals surface area contributed by atoms with Gasteiger partial charge in [0.1, 0.15) is 0 Å². The molecule has 0 atom stereocenters. The van der Waals surface area contributed by atoms with E-state index in [0.29, 0.717) is 22.4 Å². The summed E-state index contributed by atoms with van der Waals surface area (Å²) in [5, 5.41) is 11.2. The van der Waals surface area contributed by atoms with E-state index >= 15 is 0 Å². The largest absolute Gasteiger partial charge is 0.398 e. The van der Waals surface area contributed by atoms with E-state index in [0.717, 1.165) is 16.7 Å². The molecule has 0 aliphatic heterocycles. The van der Waals surface area contributed by atoms with E-state index in [2.05, 4.69) is 5.32 Å². The van der Waals surface area contributed by atoms with E-state index in [4.69, 9.17) is 16.7 Å². The number of nitrogens with two attached hydrogens (primary N) is 2. The molecule has 0 aliphatic rings. The molecule has 0 aliphatic carbocycles. The molecule has 2 rings (SSSR count). The first-order chi connectivity index (χ1) is 11.7. The molecule has 5 N–H and O–H groups in total. The summed E-state index contributed by atoms with van der Waals surface area (Å²) < 4.78 is 0. The maximum Gasteiger partial charge on any atom is 0.253 e. The predicted octanol–water partition coefficient (Wildman–Crippen LogP) is 2.21. The van der Waals surface area contributed by atoms with Crippen molar-refractivity contribution in [2.75, 3.05) is 12.8 Å². The summed E-state index contributed by atoms with van der Waals surface area (Å²) in [6.45, 7) is 5.62. The number of primary amides is 1. The lowest BCUT2D eigenvalue weighted by atomic mass is 10.0. The number of aryl methyl sites for hydroxylation is 2. The van der Waals surface area contributed by atoms with Gasteiger partial charge in [0.15, 0.2) is 0 Å². The standard InChI is InChI=1S/C10H11N3O.C9H11NO/c1-6-3-7(5-11)4-8(9(6)12)10(14)13-2;1-6-4-3-5-8(7(6)2)9(10)11/h3-4H,12H2,1-2H3,(H,13,14);3-5H,1-2H3,(H2,10,11). The van der Waals surface area contributed by atoms with E-state index < -0.39 is 0 Å². The minimum absolute atomic E-state index is 0.275. The Morgan fingerprint density at radius 3 is 2.20 bits per heavy atom. The Kier molecular flexibility index (Phi) is 6.71. The van der Waals surface area contributed by atoms with E-state index in [1.807, 2.05) is 32.0 Å². The molecule has 0 unspecified atom stereocenters. The van der Waals surface area contributed by atoms with Gasteiger partial charge in [-0.1, -0.05) is 12.1 Å². The fraction of sp³-hybridized carbons (Fsp3) is 0.211. The number of nitriles is 1. The number of benzene rings is 2. The van der Waals surface area contributed by atoms with Crippen molar-refractivity contribution in [2.24, 2.45) is 5.73 Å². The second-order valence-electron chi connectivity index (χ2n) is 5.56. The van der Waals surface area contributed by atoms with Crippen molar-refractivity contribution in [3.63, 3.8) is 0 Å². The van der Waals surface area contributed by atoms with Gasteiger partial charge in [0.05, 0.1) is 17.2 Å². The molecule has 6 nitrogen and oxygen atoms in total. The van der Waals surface area contributed by atoms with E-state index in [1.165, 1.54) is 13.1 Å². The Hall–Kier alpha value is -3.33. The van der Waals surface area contributed by atoms with Crippen LogP contribution < -0.4 is 16.8 Å². The summed E-state index contributed by atoms with van der Waals surface area (Å²) in [5.41, 5.74) is 15.5. The van der Waals surface area contributed by atoms with Crippen molar-refractivity contribution >= 4 is 17.5 Å². The Morgan fingerprint density at radius 1 is 1.08 bits per heavy atom. The van der Waals surface area contributed by atoms with Crippen molar-refractivity contribution < 1.29 is 9.59 Å². The zero-order valence-corrected chi connectivity index (χ0v) is 14.8. The average Bonchev–Trinajstić information content (AvgIpc) is 2.59. The first-order valence-corrected chi connectivity index (χ1v) is 7.61. The zero-order chi connectivity index (χ0) is 19.1. The summed E-state index contributed by atoms with van der Waals surface area (Å²) in [6, 6.07) is 10.7. The molecule has 0 fully saturated rings. The zero-order valence-electron chi connectivity index (χ0n) is 14.8. The van der Waals surface area contributed by atoms with Gasteiger partial charge in [0.2, 0.25) is 5.91 Å². The van der Waals surface area contributed by atoms with Crippen LogP contribution >= 0.6 is 0 Å². The maximum absolute atomic E-state index is 11.4. The number of anilines is 1. The molecule has 0 saturated heterocycles. The minimum atomic E-state index is -0.355. The van der Waals surface area contributed by atoms with Crippen molar-refractivity contribution in [1.29, 1.82) is 5.26 Å². The smallest absolute Gasteiger partial charge is 0.253 e. The molecule has 0 spiro atoms. The molecule has 2 aromatic rings. The summed E-state index contributed by atoms with van der Waals surface area (Å²) in [5.74, 6) is -0.631. The van der Waals surface area contributed by atoms with Crippen molar-refractivity contribution in [2.45, 2.75) is 20.8 Å². The molecule has 2 aromatic carbocycles. The number of hydrogen-bond donors (Lipinski definition) is 3. The molecule has 25 heavy (non-hydrogen) atoms. The van der Waals surface area contributed by atoms with Crippen molar-refractivity contribution in [3.05, 3.63) is 63.7 Å². The van der Waals surface area contributed by atoms with Crippen LogP contribution in [0.1, 0.15) is 43.0 Å². The quantitative estimate of drug-likeness (QED) is 0.726. The maximum atomic E-state index is 11.4. The van der Waals surface area contributed by atoms with Crippen molar-refractivity contribution in [1.82, 2.24) is 5.32 Å². The lowest BCUT2D eigenvalue weighted by Crippen LogP contribution is -2.20. The second-order valence-corrected chi connectivity index (χ2v) is 5.56. The van der Waals surface area contributed by atoms with Gasteiger partial charge in [-0.3, -0.25) is 9.59 Å². The minimum Gasteiger partial charge on any atom is -0.398 e. The fourth-order valence-electron chi connectivity index (χ4n) is 2.20. The Balaban J connectivity index is 0.000000257. The first-order valence-electron chi connectivity index (χ1n) is 7.61. The van der Waals surface area contributed by atoms with Crippen LogP contribution in [-0.2, 0) is 0 Å². The summed E-state index contributed by atoms with van der Waals surface area (Å²) in [7, 11) is 1.52. The summed E-state index contributed by atoms with van der Waals surface area (Å²) in [4.78, 5) is 22.2. The molecule has 0 aromatic heterocycles. The molecule has 0 radical (unpaired) electrons. The molecule has 6 heteroatoms. The Morgan fingerprint density at radius 2 is 1.72 bits per heavy atom. The predicted molar refractivity (Wildman–Crippen MR) is 98.1 cm³/mol. The Bertz CT molecular complexity index is 851. The summed E-state index contributed by atoms with van der Waals surface area (Å²) >= 11 is 0. The highest BCUT2D eigenvalue weighted by molar-refractivity contribution is 6.00. The SMILES string of the molecule is CNC(=O)c1cc(C#N)cc(C)c1N.Cc1cccc(C(N)=O)c1C. The normalized spacial score (nSPS) is 9.40. The van der Waals surface area contributed by atoms with Gasteiger partial charge in [0, 0.05) is 18.3 Å². The third-order valence-corrected chi connectivity index (χ3v) is 3.86. The topological polar surface area (TPSA) is 122 Å². The summed E-state index contributed by atoms with van der Waals surface area (Å²) in [6.07, 6.45) is 0. The van der Waals surface area contributed by atoms with Crippen LogP contribution in [-0.4, -0.2) is 18.9 Å². The van der Waals surface area contributed by atoms with Gasteiger partial charge in [0.25, 0.3) is 5.91 Å². The first kappa shape index (κ1) is 19.7. The highest BCUT2D eigenvalue weighted by Crippen LogP contribution is 2.19. The number of carbonyl (C=O) groups is 2. The van der Waals surface area contributed by atoms with E-state index in [1.54, 1.807) is 19.1 Å². The molecule has 2 amide bonds. The second kappa shape index (κ2) is 8.50. The third-order valence-electron chi connectivity index (χ3n) is 3.86. The van der Waals surface area contributed by atoms with Gasteiger partial charge in [-0.15, -0.1) is 0 Å². The molecular formula is C19H22N4O2. The molecule has 130 valence electrons. The van der Waals surface area contributed by atoms with Crippen LogP contribution in [0.2, 0.25) is 0 Å². The van der Waals surface area contributed by atoms with Crippen LogP contribution in [0.3, 0.4) is 0 Å². The van der Waals surface area contributed by atoms with Crippen LogP contribution in [0.25, 0.3) is 0 Å². The number of nitrogen functional groups attached to an aromatic ring is 1. The number of amides is 2. The highest BCUT2D eigenvalue weighted by Gasteiger charge is 2.11. The van der Waals surface area contributed by atoms with Gasteiger partial charge in [-0.05, 0) is 55.7 Å². The molecular weight excluding hydrogens is 316 g/mol. The van der Waals surface area contributed by atoms with Crippen LogP contribution in [0, 0.1) is 32.1 Å². The van der Waals surface area contributed by atoms with Crippen LogP contribution in [0.4, 0.5) is 5.69 Å². The molecule has 0 bridgehead atoms. The fourth-order valence-corrected chi connectivity index (χ4v) is 2.20. The molecule has 0 heterocycles. The number of carbonyl (C=O) groups excluding carboxylic acids is 2. The number of nitrogens with one attached hydrogen (secondary N) is 1. The highest BCUT2D eigenvalue weighted by atomic mass is 16.1. The number of hydrogen-bond acceptors (Lipinski definition) is 4. The van der Waals surface area contributed by atoms with Gasteiger partial charge >= 0.3 is 0 Å². The van der Waals surface area contributed by atoms with Gasteiger partial charge in [-0.2, -0.15) is 5.26 Å². The number of nitrogens with zero attached hydrogens (tertiary/aromatic N) is 1. The molecule has 0 saturated carbocycles. The number of rotatable bonds is 2. The lowest BCUT2D eigenvalue weighted by molar-refractivity contribution is 0.0962. The van der Waals surface area contributed by atoms with Crippen LogP contribution in [0.5, 0.6) is 0 Å². The van der Waals surface area contributed by atoms with Crippen molar-refractivity contribution in [3.8, 4) is 6.07 Å².